The Kier molecular flexibility index (Phi) is 5.98. The molecule has 1 unspecified atom stereocenters. The molecule has 0 radical (unpaired) electrons. The lowest BCUT2D eigenvalue weighted by Crippen LogP contribution is -2.49. The number of amides is 2. The van der Waals surface area contributed by atoms with Gasteiger partial charge in [0, 0.05) is 26.6 Å². The van der Waals surface area contributed by atoms with Crippen molar-refractivity contribution in [2.75, 3.05) is 33.8 Å². The maximum Gasteiger partial charge on any atom is 0.259 e. The lowest BCUT2D eigenvalue weighted by atomic mass is 9.88. The van der Waals surface area contributed by atoms with E-state index in [1.54, 1.807) is 20.2 Å². The second kappa shape index (κ2) is 7.97. The van der Waals surface area contributed by atoms with Crippen LogP contribution < -0.4 is 15.4 Å². The molecule has 126 valence electrons. The van der Waals surface area contributed by atoms with Crippen molar-refractivity contribution in [1.82, 2.24) is 15.5 Å². The van der Waals surface area contributed by atoms with Crippen LogP contribution in [0.15, 0.2) is 24.3 Å². The van der Waals surface area contributed by atoms with Crippen LogP contribution in [0.3, 0.4) is 0 Å². The molecule has 1 aliphatic heterocycles. The van der Waals surface area contributed by atoms with Crippen LogP contribution in [-0.4, -0.2) is 50.5 Å². The minimum atomic E-state index is -0.0911. The molecule has 1 atom stereocenters. The molecule has 1 aromatic carbocycles. The van der Waals surface area contributed by atoms with Gasteiger partial charge in [-0.05, 0) is 36.7 Å². The third-order valence-electron chi connectivity index (χ3n) is 4.16. The van der Waals surface area contributed by atoms with Gasteiger partial charge in [0.25, 0.3) is 5.91 Å². The van der Waals surface area contributed by atoms with Gasteiger partial charge in [0.05, 0.1) is 0 Å². The zero-order chi connectivity index (χ0) is 16.8. The summed E-state index contributed by atoms with van der Waals surface area (Å²) in [6, 6.07) is 7.43. The molecule has 6 nitrogen and oxygen atoms in total. The number of hydrogen-bond donors (Lipinski definition) is 2. The first-order valence-corrected chi connectivity index (χ1v) is 7.87. The third-order valence-corrected chi connectivity index (χ3v) is 4.16. The number of likely N-dealkylation sites (N-methyl/N-ethyl adjacent to an activating group) is 1. The fourth-order valence-electron chi connectivity index (χ4n) is 2.25. The molecule has 0 aromatic heterocycles. The summed E-state index contributed by atoms with van der Waals surface area (Å²) in [5.74, 6) is 1.07. The fraction of sp³-hybridized carbons (Fsp3) is 0.529. The molecule has 2 N–H and O–H groups in total. The largest absolute Gasteiger partial charge is 0.484 e. The Bertz CT molecular complexity index is 556. The lowest BCUT2D eigenvalue weighted by molar-refractivity contribution is -0.130. The van der Waals surface area contributed by atoms with E-state index in [4.69, 9.17) is 4.74 Å². The van der Waals surface area contributed by atoms with Crippen molar-refractivity contribution in [3.8, 4) is 5.75 Å². The average molecular weight is 319 g/mol. The molecular weight excluding hydrogens is 294 g/mol. The molecule has 6 heteroatoms. The monoisotopic (exact) mass is 319 g/mol. The number of carbonyl (C=O) groups excluding carboxylic acids is 2. The van der Waals surface area contributed by atoms with Crippen molar-refractivity contribution in [2.45, 2.75) is 13.5 Å². The van der Waals surface area contributed by atoms with Crippen molar-refractivity contribution in [3.63, 3.8) is 0 Å². The van der Waals surface area contributed by atoms with Crippen molar-refractivity contribution in [1.29, 1.82) is 0 Å². The summed E-state index contributed by atoms with van der Waals surface area (Å²) in [6.07, 6.45) is 0. The summed E-state index contributed by atoms with van der Waals surface area (Å²) in [5.41, 5.74) is 0.951. The standard InChI is InChI=1S/C17H25N3O3/c1-12(14-9-18-10-14)17(22)19-8-13-5-4-6-15(7-13)23-11-16(21)20(2)3/h4-7,12,14,18H,8-11H2,1-3H3,(H,19,22). The first kappa shape index (κ1) is 17.3. The average Bonchev–Trinajstić information content (AvgIpc) is 2.48. The number of rotatable bonds is 7. The molecule has 2 rings (SSSR count). The number of nitrogens with one attached hydrogen (secondary N) is 2. The Labute approximate surface area is 137 Å². The molecule has 0 aliphatic carbocycles. The molecule has 0 spiro atoms. The Morgan fingerprint density at radius 2 is 2.13 bits per heavy atom. The van der Waals surface area contributed by atoms with Gasteiger partial charge in [-0.1, -0.05) is 19.1 Å². The normalized spacial score (nSPS) is 15.4. The number of hydrogen-bond acceptors (Lipinski definition) is 4. The van der Waals surface area contributed by atoms with Crippen LogP contribution in [0, 0.1) is 11.8 Å². The van der Waals surface area contributed by atoms with Crippen molar-refractivity contribution < 1.29 is 14.3 Å². The number of carbonyl (C=O) groups is 2. The summed E-state index contributed by atoms with van der Waals surface area (Å²) in [7, 11) is 3.38. The van der Waals surface area contributed by atoms with Gasteiger partial charge in [-0.3, -0.25) is 9.59 Å². The number of nitrogens with zero attached hydrogens (tertiary/aromatic N) is 1. The van der Waals surface area contributed by atoms with Gasteiger partial charge in [-0.15, -0.1) is 0 Å². The molecule has 0 saturated carbocycles. The van der Waals surface area contributed by atoms with E-state index in [0.717, 1.165) is 18.7 Å². The molecule has 1 aromatic rings. The molecule has 1 saturated heterocycles. The van der Waals surface area contributed by atoms with E-state index in [-0.39, 0.29) is 24.3 Å². The van der Waals surface area contributed by atoms with Gasteiger partial charge in [0.15, 0.2) is 6.61 Å². The highest BCUT2D eigenvalue weighted by Gasteiger charge is 2.28. The van der Waals surface area contributed by atoms with E-state index in [1.165, 1.54) is 4.90 Å². The second-order valence-corrected chi connectivity index (χ2v) is 6.15. The van der Waals surface area contributed by atoms with Gasteiger partial charge >= 0.3 is 0 Å². The summed E-state index contributed by atoms with van der Waals surface area (Å²) >= 11 is 0. The first-order valence-electron chi connectivity index (χ1n) is 7.87. The zero-order valence-corrected chi connectivity index (χ0v) is 14.0. The maximum atomic E-state index is 12.1. The van der Waals surface area contributed by atoms with E-state index >= 15 is 0 Å². The first-order chi connectivity index (χ1) is 11.0. The quantitative estimate of drug-likeness (QED) is 0.773. The van der Waals surface area contributed by atoms with E-state index in [0.29, 0.717) is 18.2 Å². The van der Waals surface area contributed by atoms with Crippen LogP contribution in [0.1, 0.15) is 12.5 Å². The molecule has 2 amide bonds. The molecule has 0 bridgehead atoms. The van der Waals surface area contributed by atoms with E-state index in [1.807, 2.05) is 25.1 Å². The van der Waals surface area contributed by atoms with Gasteiger partial charge in [-0.25, -0.2) is 0 Å². The highest BCUT2D eigenvalue weighted by Crippen LogP contribution is 2.17. The summed E-state index contributed by atoms with van der Waals surface area (Å²) in [5, 5.41) is 6.14. The van der Waals surface area contributed by atoms with Gasteiger partial charge < -0.3 is 20.3 Å². The Hall–Kier alpha value is -2.08. The molecule has 23 heavy (non-hydrogen) atoms. The minimum Gasteiger partial charge on any atom is -0.484 e. The summed E-state index contributed by atoms with van der Waals surface area (Å²) in [6.45, 7) is 4.26. The molecular formula is C17H25N3O3. The van der Waals surface area contributed by atoms with Crippen molar-refractivity contribution >= 4 is 11.8 Å². The Morgan fingerprint density at radius 3 is 2.74 bits per heavy atom. The third kappa shape index (κ3) is 4.96. The van der Waals surface area contributed by atoms with Gasteiger partial charge in [0.1, 0.15) is 5.75 Å². The second-order valence-electron chi connectivity index (χ2n) is 6.15. The van der Waals surface area contributed by atoms with Crippen LogP contribution in [0.4, 0.5) is 0 Å². The number of benzene rings is 1. The van der Waals surface area contributed by atoms with Crippen LogP contribution in [0.25, 0.3) is 0 Å². The Morgan fingerprint density at radius 1 is 1.39 bits per heavy atom. The fourth-order valence-corrected chi connectivity index (χ4v) is 2.25. The van der Waals surface area contributed by atoms with Crippen molar-refractivity contribution in [2.24, 2.45) is 11.8 Å². The molecule has 1 fully saturated rings. The topological polar surface area (TPSA) is 70.7 Å². The van der Waals surface area contributed by atoms with Crippen LogP contribution >= 0.6 is 0 Å². The zero-order valence-electron chi connectivity index (χ0n) is 14.0. The predicted octanol–water partition coefficient (Wildman–Crippen LogP) is 0.625. The maximum absolute atomic E-state index is 12.1. The lowest BCUT2D eigenvalue weighted by Gasteiger charge is -2.31. The molecule has 1 aliphatic rings. The van der Waals surface area contributed by atoms with Crippen LogP contribution in [-0.2, 0) is 16.1 Å². The predicted molar refractivity (Wildman–Crippen MR) is 88.0 cm³/mol. The Balaban J connectivity index is 1.82. The van der Waals surface area contributed by atoms with Gasteiger partial charge in [-0.2, -0.15) is 0 Å². The van der Waals surface area contributed by atoms with Crippen LogP contribution in [0.2, 0.25) is 0 Å². The summed E-state index contributed by atoms with van der Waals surface area (Å²) in [4.78, 5) is 25.1. The van der Waals surface area contributed by atoms with Crippen LogP contribution in [0.5, 0.6) is 5.75 Å². The highest BCUT2D eigenvalue weighted by molar-refractivity contribution is 5.78. The smallest absolute Gasteiger partial charge is 0.259 e. The van der Waals surface area contributed by atoms with Crippen molar-refractivity contribution in [3.05, 3.63) is 29.8 Å². The minimum absolute atomic E-state index is 0.00846. The highest BCUT2D eigenvalue weighted by atomic mass is 16.5. The summed E-state index contributed by atoms with van der Waals surface area (Å²) < 4.78 is 5.48. The van der Waals surface area contributed by atoms with E-state index < -0.39 is 0 Å². The molecule has 1 heterocycles. The number of ether oxygens (including phenoxy) is 1. The van der Waals surface area contributed by atoms with E-state index in [9.17, 15) is 9.59 Å². The van der Waals surface area contributed by atoms with E-state index in [2.05, 4.69) is 10.6 Å². The SMILES string of the molecule is CC(C(=O)NCc1cccc(OCC(=O)N(C)C)c1)C1CNC1. The van der Waals surface area contributed by atoms with Gasteiger partial charge in [0.2, 0.25) is 5.91 Å².